The van der Waals surface area contributed by atoms with Crippen LogP contribution in [-0.2, 0) is 9.63 Å². The molecule has 4 amide bonds. The molecule has 1 heterocycles. The van der Waals surface area contributed by atoms with E-state index in [1.54, 1.807) is 65.8 Å². The van der Waals surface area contributed by atoms with E-state index < -0.39 is 0 Å². The van der Waals surface area contributed by atoms with Crippen LogP contribution in [0.25, 0.3) is 0 Å². The maximum atomic E-state index is 13.1. The molecule has 1 fully saturated rings. The molecule has 212 valence electrons. The van der Waals surface area contributed by atoms with E-state index in [4.69, 9.17) is 10.6 Å². The van der Waals surface area contributed by atoms with Gasteiger partial charge in [0.15, 0.2) is 0 Å². The number of carbonyl (C=O) groups is 3. The van der Waals surface area contributed by atoms with Gasteiger partial charge in [0, 0.05) is 55.9 Å². The van der Waals surface area contributed by atoms with E-state index in [1.807, 2.05) is 0 Å². The number of benzene rings is 1. The summed E-state index contributed by atoms with van der Waals surface area (Å²) in [6.45, 7) is 1.19. The number of hydrogen-bond acceptors (Lipinski definition) is 6. The van der Waals surface area contributed by atoms with Gasteiger partial charge in [0.25, 0.3) is 5.91 Å². The van der Waals surface area contributed by atoms with Crippen molar-refractivity contribution < 1.29 is 19.2 Å². The van der Waals surface area contributed by atoms with Gasteiger partial charge in [0.1, 0.15) is 0 Å². The molecule has 0 radical (unpaired) electrons. The number of hydroxylamine groups is 2. The Balaban J connectivity index is 1.35. The maximum absolute atomic E-state index is 13.1. The monoisotopic (exact) mass is 538 g/mol. The number of nitrogens with one attached hydrogen (secondary N) is 2. The van der Waals surface area contributed by atoms with E-state index in [0.29, 0.717) is 36.4 Å². The highest BCUT2D eigenvalue weighted by molar-refractivity contribution is 5.94. The largest absolute Gasteiger partial charge is 0.399 e. The molecule has 39 heavy (non-hydrogen) atoms. The van der Waals surface area contributed by atoms with Crippen molar-refractivity contribution in [2.45, 2.75) is 70.3 Å². The fraction of sp³-hybridized carbons (Fsp3) is 0.517. The molecule has 0 unspecified atom stereocenters. The molecule has 1 aromatic carbocycles. The van der Waals surface area contributed by atoms with Crippen molar-refractivity contribution in [1.29, 1.82) is 0 Å². The number of urea groups is 1. The zero-order valence-electron chi connectivity index (χ0n) is 22.9. The first-order valence-corrected chi connectivity index (χ1v) is 13.9. The number of nitrogens with two attached hydrogens (primary N) is 1. The van der Waals surface area contributed by atoms with Gasteiger partial charge in [-0.15, -0.1) is 0 Å². The summed E-state index contributed by atoms with van der Waals surface area (Å²) < 4.78 is 0. The number of pyridine rings is 1. The lowest BCUT2D eigenvalue weighted by molar-refractivity contribution is -0.204. The van der Waals surface area contributed by atoms with Crippen LogP contribution >= 0.6 is 0 Å². The Morgan fingerprint density at radius 2 is 1.77 bits per heavy atom. The van der Waals surface area contributed by atoms with Crippen LogP contribution in [0.3, 0.4) is 0 Å². The van der Waals surface area contributed by atoms with Crippen LogP contribution in [-0.4, -0.2) is 65.6 Å². The van der Waals surface area contributed by atoms with Gasteiger partial charge in [-0.1, -0.05) is 38.2 Å². The van der Waals surface area contributed by atoms with Crippen LogP contribution in [0.1, 0.15) is 74.6 Å². The highest BCUT2D eigenvalue weighted by Crippen LogP contribution is 2.24. The third-order valence-corrected chi connectivity index (χ3v) is 6.83. The molecule has 1 aliphatic carbocycles. The fourth-order valence-electron chi connectivity index (χ4n) is 4.64. The number of nitrogens with zero attached hydrogens (tertiary/aromatic N) is 3. The minimum absolute atomic E-state index is 0.00145. The predicted octanol–water partition coefficient (Wildman–Crippen LogP) is 4.60. The van der Waals surface area contributed by atoms with Crippen molar-refractivity contribution in [3.63, 3.8) is 0 Å². The number of amides is 4. The molecule has 1 saturated carbocycles. The zero-order chi connectivity index (χ0) is 27.9. The Bertz CT molecular complexity index is 1050. The highest BCUT2D eigenvalue weighted by atomic mass is 16.7. The van der Waals surface area contributed by atoms with E-state index in [2.05, 4.69) is 15.6 Å². The van der Waals surface area contributed by atoms with E-state index in [-0.39, 0.29) is 30.5 Å². The maximum Gasteiger partial charge on any atom is 0.319 e. The molecule has 0 aliphatic heterocycles. The molecule has 3 rings (SSSR count). The van der Waals surface area contributed by atoms with Gasteiger partial charge in [-0.05, 0) is 56.0 Å². The van der Waals surface area contributed by atoms with Crippen molar-refractivity contribution in [3.05, 3.63) is 54.4 Å². The summed E-state index contributed by atoms with van der Waals surface area (Å²) in [5.74, 6) is -0.132. The Hall–Kier alpha value is -3.66. The smallest absolute Gasteiger partial charge is 0.319 e. The minimum Gasteiger partial charge on any atom is -0.399 e. The number of nitrogen functional groups attached to an aromatic ring is 1. The zero-order valence-corrected chi connectivity index (χ0v) is 22.9. The Kier molecular flexibility index (Phi) is 12.5. The summed E-state index contributed by atoms with van der Waals surface area (Å²) in [6.07, 6.45) is 12.3. The lowest BCUT2D eigenvalue weighted by Crippen LogP contribution is -2.43. The van der Waals surface area contributed by atoms with E-state index in [0.717, 1.165) is 51.4 Å². The number of hydrogen-bond donors (Lipinski definition) is 3. The molecule has 10 heteroatoms. The molecule has 0 saturated heterocycles. The molecule has 10 nitrogen and oxygen atoms in total. The third-order valence-electron chi connectivity index (χ3n) is 6.83. The second kappa shape index (κ2) is 16.3. The van der Waals surface area contributed by atoms with Crippen molar-refractivity contribution in [2.24, 2.45) is 0 Å². The van der Waals surface area contributed by atoms with Crippen molar-refractivity contribution in [1.82, 2.24) is 20.3 Å². The SMILES string of the molecule is CN(CCON(C(=O)CCCCCCNC(=O)Nc1ccncc1)C1CCCCC1)C(=O)c1cccc(N)c1. The third kappa shape index (κ3) is 10.6. The van der Waals surface area contributed by atoms with E-state index in [9.17, 15) is 14.4 Å². The Morgan fingerprint density at radius 1 is 1.03 bits per heavy atom. The molecule has 2 aromatic rings. The van der Waals surface area contributed by atoms with Gasteiger partial charge in [0.2, 0.25) is 5.91 Å². The highest BCUT2D eigenvalue weighted by Gasteiger charge is 2.26. The van der Waals surface area contributed by atoms with Gasteiger partial charge in [-0.3, -0.25) is 19.4 Å². The lowest BCUT2D eigenvalue weighted by Gasteiger charge is -2.33. The van der Waals surface area contributed by atoms with E-state index >= 15 is 0 Å². The van der Waals surface area contributed by atoms with Crippen LogP contribution in [0.5, 0.6) is 0 Å². The predicted molar refractivity (Wildman–Crippen MR) is 152 cm³/mol. The van der Waals surface area contributed by atoms with Crippen LogP contribution in [0, 0.1) is 0 Å². The van der Waals surface area contributed by atoms with Gasteiger partial charge in [0.05, 0.1) is 12.6 Å². The average Bonchev–Trinajstić information content (AvgIpc) is 2.95. The van der Waals surface area contributed by atoms with E-state index in [1.165, 1.54) is 6.42 Å². The average molecular weight is 539 g/mol. The van der Waals surface area contributed by atoms with Gasteiger partial charge >= 0.3 is 6.03 Å². The summed E-state index contributed by atoms with van der Waals surface area (Å²) in [5.41, 5.74) is 7.58. The van der Waals surface area contributed by atoms with Crippen molar-refractivity contribution >= 4 is 29.2 Å². The summed E-state index contributed by atoms with van der Waals surface area (Å²) >= 11 is 0. The van der Waals surface area contributed by atoms with Crippen LogP contribution < -0.4 is 16.4 Å². The van der Waals surface area contributed by atoms with Crippen LogP contribution in [0.4, 0.5) is 16.2 Å². The first-order chi connectivity index (χ1) is 18.9. The normalized spacial score (nSPS) is 13.5. The standard InChI is InChI=1S/C29H42N6O4/c1-34(28(37)23-10-9-11-24(30)22-23)20-21-39-35(26-12-5-4-6-13-26)27(36)14-7-2-3-8-17-32-29(38)33-25-15-18-31-19-16-25/h9-11,15-16,18-19,22,26H,2-8,12-14,17,20-21,30H2,1H3,(H2,31,32,33,38). The molecule has 4 N–H and O–H groups in total. The number of likely N-dealkylation sites (N-methyl/N-ethyl adjacent to an activating group) is 1. The number of unbranched alkanes of at least 4 members (excludes halogenated alkanes) is 3. The number of rotatable bonds is 14. The molecule has 1 aromatic heterocycles. The minimum atomic E-state index is -0.239. The first kappa shape index (κ1) is 29.9. The molecular weight excluding hydrogens is 496 g/mol. The summed E-state index contributed by atoms with van der Waals surface area (Å²) in [6, 6.07) is 10.2. The number of carbonyl (C=O) groups excluding carboxylic acids is 3. The summed E-state index contributed by atoms with van der Waals surface area (Å²) in [5, 5.41) is 7.19. The molecule has 0 atom stereocenters. The quantitative estimate of drug-likeness (QED) is 0.183. The molecule has 0 spiro atoms. The van der Waals surface area contributed by atoms with Gasteiger partial charge in [-0.2, -0.15) is 0 Å². The van der Waals surface area contributed by atoms with Crippen LogP contribution in [0.15, 0.2) is 48.8 Å². The van der Waals surface area contributed by atoms with Crippen molar-refractivity contribution in [2.75, 3.05) is 37.8 Å². The lowest BCUT2D eigenvalue weighted by atomic mass is 9.95. The number of aromatic nitrogens is 1. The molecule has 1 aliphatic rings. The van der Waals surface area contributed by atoms with Gasteiger partial charge < -0.3 is 21.3 Å². The molecule has 0 bridgehead atoms. The summed E-state index contributed by atoms with van der Waals surface area (Å²) in [7, 11) is 1.72. The first-order valence-electron chi connectivity index (χ1n) is 13.9. The fourth-order valence-corrected chi connectivity index (χ4v) is 4.64. The second-order valence-corrected chi connectivity index (χ2v) is 9.98. The Labute approximate surface area is 231 Å². The topological polar surface area (TPSA) is 130 Å². The Morgan fingerprint density at radius 3 is 2.51 bits per heavy atom. The van der Waals surface area contributed by atoms with Crippen molar-refractivity contribution in [3.8, 4) is 0 Å². The van der Waals surface area contributed by atoms with Gasteiger partial charge in [-0.25, -0.2) is 9.86 Å². The number of anilines is 2. The summed E-state index contributed by atoms with van der Waals surface area (Å²) in [4.78, 5) is 49.2. The second-order valence-electron chi connectivity index (χ2n) is 9.98. The molecular formula is C29H42N6O4. The van der Waals surface area contributed by atoms with Crippen LogP contribution in [0.2, 0.25) is 0 Å².